The van der Waals surface area contributed by atoms with E-state index in [2.05, 4.69) is 4.98 Å². The van der Waals surface area contributed by atoms with Crippen LogP contribution in [0.5, 0.6) is 0 Å². The Morgan fingerprint density at radius 3 is 2.60 bits per heavy atom. The zero-order valence-corrected chi connectivity index (χ0v) is 11.7. The van der Waals surface area contributed by atoms with Gasteiger partial charge in [0.15, 0.2) is 5.82 Å². The maximum absolute atomic E-state index is 13.5. The molecule has 0 aliphatic heterocycles. The lowest BCUT2D eigenvalue weighted by Crippen LogP contribution is -2.17. The lowest BCUT2D eigenvalue weighted by Gasteiger charge is -2.08. The van der Waals surface area contributed by atoms with Crippen molar-refractivity contribution in [3.05, 3.63) is 34.9 Å². The Bertz CT molecular complexity index is 627. The molecule has 1 fully saturated rings. The minimum atomic E-state index is -0.416. The highest BCUT2D eigenvalue weighted by molar-refractivity contribution is 6.30. The zero-order chi connectivity index (χ0) is 14.3. The number of hydrogen-bond donors (Lipinski definition) is 2. The van der Waals surface area contributed by atoms with Crippen molar-refractivity contribution in [2.45, 2.75) is 31.6 Å². The van der Waals surface area contributed by atoms with Crippen molar-refractivity contribution < 1.29 is 4.39 Å². The van der Waals surface area contributed by atoms with Gasteiger partial charge in [-0.25, -0.2) is 14.1 Å². The molecule has 1 saturated carbocycles. The van der Waals surface area contributed by atoms with Crippen LogP contribution in [-0.4, -0.2) is 9.66 Å². The lowest BCUT2D eigenvalue weighted by atomic mass is 10.1. The fourth-order valence-electron chi connectivity index (χ4n) is 2.84. The normalized spacial score (nSPS) is 15.9. The van der Waals surface area contributed by atoms with E-state index in [9.17, 15) is 4.39 Å². The quantitative estimate of drug-likeness (QED) is 0.835. The third-order valence-corrected chi connectivity index (χ3v) is 4.05. The number of hydrogen-bond acceptors (Lipinski definition) is 3. The standard InChI is InChI=1S/C14H16ClFN4/c15-10-5-9(6-11(16)7-10)12-13(17)20(18)14(19-12)8-3-1-2-4-8/h5-8H,1-4,17-18H2. The van der Waals surface area contributed by atoms with Crippen molar-refractivity contribution in [1.29, 1.82) is 0 Å². The molecule has 1 aliphatic rings. The third-order valence-electron chi connectivity index (χ3n) is 3.83. The number of benzene rings is 1. The van der Waals surface area contributed by atoms with Crippen LogP contribution in [0.1, 0.15) is 37.4 Å². The summed E-state index contributed by atoms with van der Waals surface area (Å²) >= 11 is 5.88. The molecule has 0 radical (unpaired) electrons. The first kappa shape index (κ1) is 13.2. The van der Waals surface area contributed by atoms with Gasteiger partial charge >= 0.3 is 0 Å². The molecule has 20 heavy (non-hydrogen) atoms. The van der Waals surface area contributed by atoms with Gasteiger partial charge in [-0.15, -0.1) is 0 Å². The molecular formula is C14H16ClFN4. The fraction of sp³-hybridized carbons (Fsp3) is 0.357. The molecule has 0 saturated heterocycles. The maximum Gasteiger partial charge on any atom is 0.150 e. The third kappa shape index (κ3) is 2.22. The number of halogens is 2. The van der Waals surface area contributed by atoms with Gasteiger partial charge in [0.25, 0.3) is 0 Å². The second-order valence-corrected chi connectivity index (χ2v) is 5.65. The number of nitrogens with zero attached hydrogens (tertiary/aromatic N) is 2. The smallest absolute Gasteiger partial charge is 0.150 e. The summed E-state index contributed by atoms with van der Waals surface area (Å²) in [5.41, 5.74) is 7.06. The van der Waals surface area contributed by atoms with Crippen molar-refractivity contribution in [3.63, 3.8) is 0 Å². The van der Waals surface area contributed by atoms with E-state index in [1.807, 2.05) is 0 Å². The molecule has 2 aromatic rings. The molecule has 0 atom stereocenters. The molecule has 1 aromatic carbocycles. The number of aromatic nitrogens is 2. The van der Waals surface area contributed by atoms with Crippen LogP contribution in [0.4, 0.5) is 10.2 Å². The SMILES string of the molecule is Nc1c(-c2cc(F)cc(Cl)c2)nc(C2CCCC2)n1N. The second kappa shape index (κ2) is 4.98. The molecule has 0 spiro atoms. The van der Waals surface area contributed by atoms with Crippen LogP contribution < -0.4 is 11.6 Å². The highest BCUT2D eigenvalue weighted by Gasteiger charge is 2.25. The molecule has 106 valence electrons. The molecule has 0 bridgehead atoms. The Kier molecular flexibility index (Phi) is 3.30. The Morgan fingerprint density at radius 2 is 1.95 bits per heavy atom. The first-order chi connectivity index (χ1) is 9.56. The summed E-state index contributed by atoms with van der Waals surface area (Å²) in [5, 5.41) is 0.313. The lowest BCUT2D eigenvalue weighted by molar-refractivity contribution is 0.628. The molecule has 4 nitrogen and oxygen atoms in total. The van der Waals surface area contributed by atoms with Crippen molar-refractivity contribution in [1.82, 2.24) is 9.66 Å². The first-order valence-electron chi connectivity index (χ1n) is 6.66. The van der Waals surface area contributed by atoms with E-state index in [0.29, 0.717) is 28.0 Å². The molecule has 1 aromatic heterocycles. The zero-order valence-electron chi connectivity index (χ0n) is 10.9. The van der Waals surface area contributed by atoms with Gasteiger partial charge in [-0.05, 0) is 31.0 Å². The van der Waals surface area contributed by atoms with Crippen LogP contribution >= 0.6 is 11.6 Å². The van der Waals surface area contributed by atoms with Crippen LogP contribution in [0, 0.1) is 5.82 Å². The molecule has 1 heterocycles. The van der Waals surface area contributed by atoms with Crippen molar-refractivity contribution in [2.24, 2.45) is 0 Å². The van der Waals surface area contributed by atoms with Crippen LogP contribution in [0.25, 0.3) is 11.3 Å². The van der Waals surface area contributed by atoms with Crippen LogP contribution in [0.3, 0.4) is 0 Å². The predicted molar refractivity (Wildman–Crippen MR) is 78.4 cm³/mol. The number of anilines is 1. The summed E-state index contributed by atoms with van der Waals surface area (Å²) in [6, 6.07) is 4.25. The van der Waals surface area contributed by atoms with Crippen molar-refractivity contribution in [2.75, 3.05) is 11.6 Å². The molecule has 4 N–H and O–H groups in total. The van der Waals surface area contributed by atoms with E-state index in [1.54, 1.807) is 6.07 Å². The number of rotatable bonds is 2. The first-order valence-corrected chi connectivity index (χ1v) is 7.03. The van der Waals surface area contributed by atoms with E-state index in [4.69, 9.17) is 23.2 Å². The van der Waals surface area contributed by atoms with Gasteiger partial charge in [0, 0.05) is 16.5 Å². The van der Waals surface area contributed by atoms with E-state index in [0.717, 1.165) is 18.7 Å². The van der Waals surface area contributed by atoms with E-state index in [-0.39, 0.29) is 0 Å². The average Bonchev–Trinajstić information content (AvgIpc) is 2.99. The predicted octanol–water partition coefficient (Wildman–Crippen LogP) is 3.30. The molecular weight excluding hydrogens is 279 g/mol. The molecule has 1 aliphatic carbocycles. The summed E-state index contributed by atoms with van der Waals surface area (Å²) in [6.07, 6.45) is 4.49. The number of nitrogen functional groups attached to an aromatic ring is 2. The van der Waals surface area contributed by atoms with Gasteiger partial charge < -0.3 is 11.6 Å². The van der Waals surface area contributed by atoms with Crippen LogP contribution in [0.2, 0.25) is 5.02 Å². The highest BCUT2D eigenvalue weighted by atomic mass is 35.5. The molecule has 6 heteroatoms. The number of nitrogens with two attached hydrogens (primary N) is 2. The summed E-state index contributed by atoms with van der Waals surface area (Å²) in [4.78, 5) is 4.53. The van der Waals surface area contributed by atoms with Gasteiger partial charge in [-0.1, -0.05) is 24.4 Å². The highest BCUT2D eigenvalue weighted by Crippen LogP contribution is 2.36. The minimum Gasteiger partial charge on any atom is -0.382 e. The fourth-order valence-corrected chi connectivity index (χ4v) is 3.06. The van der Waals surface area contributed by atoms with E-state index >= 15 is 0 Å². The second-order valence-electron chi connectivity index (χ2n) is 5.21. The Hall–Kier alpha value is -1.75. The van der Waals surface area contributed by atoms with Crippen molar-refractivity contribution in [3.8, 4) is 11.3 Å². The van der Waals surface area contributed by atoms with E-state index < -0.39 is 5.82 Å². The van der Waals surface area contributed by atoms with Gasteiger partial charge in [0.05, 0.1) is 0 Å². The maximum atomic E-state index is 13.5. The molecule has 0 unspecified atom stereocenters. The van der Waals surface area contributed by atoms with Gasteiger partial charge in [-0.3, -0.25) is 0 Å². The average molecular weight is 295 g/mol. The minimum absolute atomic E-state index is 0.313. The summed E-state index contributed by atoms with van der Waals surface area (Å²) < 4.78 is 14.9. The monoisotopic (exact) mass is 294 g/mol. The Labute approximate surface area is 121 Å². The van der Waals surface area contributed by atoms with E-state index in [1.165, 1.54) is 29.7 Å². The van der Waals surface area contributed by atoms with Crippen molar-refractivity contribution >= 4 is 17.4 Å². The summed E-state index contributed by atoms with van der Waals surface area (Å²) in [5.74, 6) is 7.03. The molecule has 0 amide bonds. The summed E-state index contributed by atoms with van der Waals surface area (Å²) in [7, 11) is 0. The van der Waals surface area contributed by atoms with Gasteiger partial charge in [0.2, 0.25) is 0 Å². The molecule has 3 rings (SSSR count). The Morgan fingerprint density at radius 1 is 1.25 bits per heavy atom. The Balaban J connectivity index is 2.07. The van der Waals surface area contributed by atoms with Crippen LogP contribution in [0.15, 0.2) is 18.2 Å². The summed E-state index contributed by atoms with van der Waals surface area (Å²) in [6.45, 7) is 0. The topological polar surface area (TPSA) is 69.9 Å². The largest absolute Gasteiger partial charge is 0.382 e. The van der Waals surface area contributed by atoms with Gasteiger partial charge in [-0.2, -0.15) is 0 Å². The van der Waals surface area contributed by atoms with Gasteiger partial charge in [0.1, 0.15) is 17.3 Å². The van der Waals surface area contributed by atoms with Crippen LogP contribution in [-0.2, 0) is 0 Å². The number of imidazole rings is 1.